The van der Waals surface area contributed by atoms with E-state index in [1.165, 1.54) is 57.8 Å². The molecule has 0 heterocycles. The molecule has 0 aromatic rings. The topological polar surface area (TPSA) is 55.1 Å². The quantitative estimate of drug-likeness (QED) is 0.812. The van der Waals surface area contributed by atoms with Gasteiger partial charge >= 0.3 is 0 Å². The van der Waals surface area contributed by atoms with Crippen LogP contribution in [0, 0.1) is 17.8 Å². The van der Waals surface area contributed by atoms with Gasteiger partial charge in [-0.05, 0) is 62.8 Å². The van der Waals surface area contributed by atoms with Gasteiger partial charge in [-0.2, -0.15) is 0 Å². The Morgan fingerprint density at radius 3 is 2.35 bits per heavy atom. The fraction of sp³-hybridized carbons (Fsp3) is 0.941. The Hall–Kier alpha value is -0.570. The number of carbonyl (C=O) groups is 1. The minimum atomic E-state index is 0.298. The summed E-state index contributed by atoms with van der Waals surface area (Å²) in [5, 5.41) is 3.33. The van der Waals surface area contributed by atoms with Crippen molar-refractivity contribution in [3.05, 3.63) is 0 Å². The summed E-state index contributed by atoms with van der Waals surface area (Å²) in [4.78, 5) is 12.3. The first-order valence-corrected chi connectivity index (χ1v) is 8.72. The van der Waals surface area contributed by atoms with Crippen molar-refractivity contribution in [1.82, 2.24) is 5.32 Å². The average molecular weight is 280 g/mol. The maximum Gasteiger partial charge on any atom is 0.220 e. The third-order valence-electron chi connectivity index (χ3n) is 5.55. The van der Waals surface area contributed by atoms with Gasteiger partial charge in [0.15, 0.2) is 0 Å². The van der Waals surface area contributed by atoms with Crippen molar-refractivity contribution in [3.8, 4) is 0 Å². The summed E-state index contributed by atoms with van der Waals surface area (Å²) in [6.45, 7) is 3.07. The van der Waals surface area contributed by atoms with Crippen LogP contribution in [-0.4, -0.2) is 18.5 Å². The van der Waals surface area contributed by atoms with Gasteiger partial charge in [0, 0.05) is 12.5 Å². The normalized spacial score (nSPS) is 34.7. The fourth-order valence-corrected chi connectivity index (χ4v) is 4.09. The van der Waals surface area contributed by atoms with Crippen molar-refractivity contribution >= 4 is 5.91 Å². The third kappa shape index (κ3) is 4.47. The molecule has 2 aliphatic carbocycles. The van der Waals surface area contributed by atoms with Crippen LogP contribution >= 0.6 is 0 Å². The molecule has 0 aromatic carbocycles. The molecule has 0 saturated heterocycles. The van der Waals surface area contributed by atoms with Crippen LogP contribution in [0.2, 0.25) is 0 Å². The Bertz CT molecular complexity index is 297. The van der Waals surface area contributed by atoms with Crippen molar-refractivity contribution in [2.75, 3.05) is 6.54 Å². The minimum absolute atomic E-state index is 0.298. The predicted octanol–water partition coefficient (Wildman–Crippen LogP) is 3.23. The van der Waals surface area contributed by atoms with Crippen molar-refractivity contribution in [2.24, 2.45) is 23.5 Å². The van der Waals surface area contributed by atoms with E-state index in [-0.39, 0.29) is 0 Å². The molecule has 2 unspecified atom stereocenters. The number of nitrogens with two attached hydrogens (primary N) is 1. The molecule has 0 radical (unpaired) electrons. The van der Waals surface area contributed by atoms with E-state index in [1.54, 1.807) is 0 Å². The molecule has 2 fully saturated rings. The first-order valence-electron chi connectivity index (χ1n) is 8.72. The van der Waals surface area contributed by atoms with Crippen LogP contribution in [0.25, 0.3) is 0 Å². The van der Waals surface area contributed by atoms with Gasteiger partial charge in [-0.1, -0.05) is 26.2 Å². The zero-order valence-electron chi connectivity index (χ0n) is 13.1. The molecular weight excluding hydrogens is 248 g/mol. The number of hydrogen-bond donors (Lipinski definition) is 2. The molecule has 2 rings (SSSR count). The van der Waals surface area contributed by atoms with E-state index in [1.807, 2.05) is 0 Å². The van der Waals surface area contributed by atoms with Crippen molar-refractivity contribution in [3.63, 3.8) is 0 Å². The lowest BCUT2D eigenvalue weighted by atomic mass is 9.80. The lowest BCUT2D eigenvalue weighted by molar-refractivity contribution is -0.123. The van der Waals surface area contributed by atoms with Crippen LogP contribution in [0.1, 0.15) is 71.1 Å². The summed E-state index contributed by atoms with van der Waals surface area (Å²) < 4.78 is 0. The smallest absolute Gasteiger partial charge is 0.220 e. The first kappa shape index (κ1) is 15.8. The van der Waals surface area contributed by atoms with Crippen LogP contribution in [-0.2, 0) is 4.79 Å². The van der Waals surface area contributed by atoms with Crippen LogP contribution in [0.4, 0.5) is 0 Å². The van der Waals surface area contributed by atoms with E-state index in [0.717, 1.165) is 13.0 Å². The van der Waals surface area contributed by atoms with Crippen LogP contribution in [0.5, 0.6) is 0 Å². The Labute approximate surface area is 124 Å². The highest BCUT2D eigenvalue weighted by atomic mass is 16.1. The van der Waals surface area contributed by atoms with Crippen molar-refractivity contribution < 1.29 is 4.79 Å². The van der Waals surface area contributed by atoms with Crippen LogP contribution in [0.3, 0.4) is 0 Å². The van der Waals surface area contributed by atoms with E-state index in [2.05, 4.69) is 12.2 Å². The zero-order valence-corrected chi connectivity index (χ0v) is 13.1. The molecule has 3 N–H and O–H groups in total. The Kier molecular flexibility index (Phi) is 6.34. The van der Waals surface area contributed by atoms with E-state index in [9.17, 15) is 4.79 Å². The fourth-order valence-electron chi connectivity index (χ4n) is 4.09. The molecule has 0 bridgehead atoms. The highest BCUT2D eigenvalue weighted by Crippen LogP contribution is 2.31. The van der Waals surface area contributed by atoms with Gasteiger partial charge in [0.05, 0.1) is 0 Å². The first-order chi connectivity index (χ1) is 9.72. The maximum absolute atomic E-state index is 12.3. The summed E-state index contributed by atoms with van der Waals surface area (Å²) in [6.07, 6.45) is 11.9. The molecule has 116 valence electrons. The lowest BCUT2D eigenvalue weighted by Crippen LogP contribution is -2.42. The molecule has 1 amide bonds. The van der Waals surface area contributed by atoms with Gasteiger partial charge in [-0.25, -0.2) is 0 Å². The molecule has 3 heteroatoms. The second-order valence-electron chi connectivity index (χ2n) is 6.95. The highest BCUT2D eigenvalue weighted by molar-refractivity contribution is 5.76. The van der Waals surface area contributed by atoms with Gasteiger partial charge in [-0.3, -0.25) is 4.79 Å². The molecule has 0 aliphatic heterocycles. The predicted molar refractivity (Wildman–Crippen MR) is 83.3 cm³/mol. The Balaban J connectivity index is 1.72. The van der Waals surface area contributed by atoms with Gasteiger partial charge in [-0.15, -0.1) is 0 Å². The molecular formula is C17H32N2O. The Morgan fingerprint density at radius 2 is 1.70 bits per heavy atom. The highest BCUT2D eigenvalue weighted by Gasteiger charge is 2.27. The number of amides is 1. The summed E-state index contributed by atoms with van der Waals surface area (Å²) in [6, 6.07) is 0.446. The standard InChI is InChI=1S/C17H32N2O/c1-2-15-5-3-4-6-16(15)19-17(20)11-13-7-9-14(12-18)10-8-13/h13-16H,2-12,18H2,1H3,(H,19,20). The largest absolute Gasteiger partial charge is 0.353 e. The summed E-state index contributed by atoms with van der Waals surface area (Å²) in [5.41, 5.74) is 5.72. The molecule has 0 spiro atoms. The van der Waals surface area contributed by atoms with E-state index < -0.39 is 0 Å². The minimum Gasteiger partial charge on any atom is -0.353 e. The van der Waals surface area contributed by atoms with E-state index >= 15 is 0 Å². The van der Waals surface area contributed by atoms with E-state index in [0.29, 0.717) is 29.7 Å². The molecule has 0 aromatic heterocycles. The SMILES string of the molecule is CCC1CCCCC1NC(=O)CC1CCC(CN)CC1. The Morgan fingerprint density at radius 1 is 1.05 bits per heavy atom. The number of rotatable bonds is 5. The third-order valence-corrected chi connectivity index (χ3v) is 5.55. The summed E-state index contributed by atoms with van der Waals surface area (Å²) in [7, 11) is 0. The molecule has 20 heavy (non-hydrogen) atoms. The molecule has 2 atom stereocenters. The zero-order chi connectivity index (χ0) is 14.4. The molecule has 3 nitrogen and oxygen atoms in total. The van der Waals surface area contributed by atoms with Gasteiger partial charge < -0.3 is 11.1 Å². The molecule has 2 aliphatic rings. The van der Waals surface area contributed by atoms with Gasteiger partial charge in [0.1, 0.15) is 0 Å². The lowest BCUT2D eigenvalue weighted by Gasteiger charge is -2.32. The van der Waals surface area contributed by atoms with Crippen molar-refractivity contribution in [1.29, 1.82) is 0 Å². The summed E-state index contributed by atoms with van der Waals surface area (Å²) >= 11 is 0. The number of carbonyl (C=O) groups excluding carboxylic acids is 1. The van der Waals surface area contributed by atoms with E-state index in [4.69, 9.17) is 5.73 Å². The van der Waals surface area contributed by atoms with Gasteiger partial charge in [0.25, 0.3) is 0 Å². The van der Waals surface area contributed by atoms with Crippen LogP contribution in [0.15, 0.2) is 0 Å². The second kappa shape index (κ2) is 8.02. The summed E-state index contributed by atoms with van der Waals surface area (Å²) in [5.74, 6) is 2.31. The molecule has 2 saturated carbocycles. The number of hydrogen-bond acceptors (Lipinski definition) is 2. The second-order valence-corrected chi connectivity index (χ2v) is 6.95. The average Bonchev–Trinajstić information content (AvgIpc) is 2.48. The van der Waals surface area contributed by atoms with Crippen molar-refractivity contribution in [2.45, 2.75) is 77.2 Å². The van der Waals surface area contributed by atoms with Gasteiger partial charge in [0.2, 0.25) is 5.91 Å². The number of nitrogens with one attached hydrogen (secondary N) is 1. The monoisotopic (exact) mass is 280 g/mol. The van der Waals surface area contributed by atoms with Crippen LogP contribution < -0.4 is 11.1 Å². The maximum atomic E-state index is 12.3.